The summed E-state index contributed by atoms with van der Waals surface area (Å²) in [5, 5.41) is 0.816. The maximum absolute atomic E-state index is 12.9. The van der Waals surface area contributed by atoms with E-state index in [1.165, 1.54) is 4.31 Å². The van der Waals surface area contributed by atoms with Crippen LogP contribution in [0.25, 0.3) is 0 Å². The number of hydrogen-bond acceptors (Lipinski definition) is 3. The summed E-state index contributed by atoms with van der Waals surface area (Å²) in [6.45, 7) is 0.702. The van der Waals surface area contributed by atoms with E-state index in [9.17, 15) is 13.2 Å². The molecule has 2 fully saturated rings. The molecule has 1 saturated carbocycles. The molecule has 0 spiro atoms. The van der Waals surface area contributed by atoms with E-state index in [1.54, 1.807) is 18.2 Å². The molecule has 0 radical (unpaired) electrons. The maximum atomic E-state index is 12.9. The number of benzene rings is 1. The first-order valence-electron chi connectivity index (χ1n) is 9.46. The van der Waals surface area contributed by atoms with Gasteiger partial charge in [0.2, 0.25) is 15.9 Å². The number of rotatable bonds is 5. The van der Waals surface area contributed by atoms with Crippen LogP contribution in [0.3, 0.4) is 0 Å². The second kappa shape index (κ2) is 8.68. The first-order chi connectivity index (χ1) is 12.8. The minimum atomic E-state index is -3.55. The monoisotopic (exact) mass is 432 g/mol. The van der Waals surface area contributed by atoms with Crippen LogP contribution in [-0.4, -0.2) is 49.7 Å². The molecule has 0 unspecified atom stereocenters. The summed E-state index contributed by atoms with van der Waals surface area (Å²) in [7, 11) is -1.69. The van der Waals surface area contributed by atoms with Crippen molar-refractivity contribution >= 4 is 39.1 Å². The third-order valence-corrected chi connectivity index (χ3v) is 8.08. The summed E-state index contributed by atoms with van der Waals surface area (Å²) >= 11 is 12.0. The largest absolute Gasteiger partial charge is 0.342 e. The summed E-state index contributed by atoms with van der Waals surface area (Å²) in [6.07, 6.45) is 5.86. The zero-order chi connectivity index (χ0) is 19.6. The average molecular weight is 433 g/mol. The highest BCUT2D eigenvalue weighted by atomic mass is 35.5. The van der Waals surface area contributed by atoms with E-state index in [2.05, 4.69) is 0 Å². The van der Waals surface area contributed by atoms with Crippen LogP contribution in [0.15, 0.2) is 18.2 Å². The van der Waals surface area contributed by atoms with Gasteiger partial charge in [-0.25, -0.2) is 12.7 Å². The van der Waals surface area contributed by atoms with Crippen LogP contribution in [-0.2, 0) is 20.6 Å². The van der Waals surface area contributed by atoms with Gasteiger partial charge >= 0.3 is 0 Å². The van der Waals surface area contributed by atoms with Gasteiger partial charge in [0, 0.05) is 36.2 Å². The molecule has 0 N–H and O–H groups in total. The van der Waals surface area contributed by atoms with E-state index in [-0.39, 0.29) is 24.1 Å². The Morgan fingerprint density at radius 3 is 2.56 bits per heavy atom. The fourth-order valence-electron chi connectivity index (χ4n) is 4.08. The third-order valence-electron chi connectivity index (χ3n) is 5.70. The Morgan fingerprint density at radius 1 is 1.19 bits per heavy atom. The smallest absolute Gasteiger partial charge is 0.227 e. The standard InChI is InChI=1S/C19H26Cl2N2O3S/c1-22(17-6-2-3-7-17)19(24)14-5-4-10-23(12-14)27(25,26)13-15-8-9-16(20)11-18(15)21/h8-9,11,14,17H,2-7,10,12-13H2,1H3/t14-/m1/s1. The number of carbonyl (C=O) groups is 1. The van der Waals surface area contributed by atoms with Crippen molar-refractivity contribution in [3.8, 4) is 0 Å². The topological polar surface area (TPSA) is 57.7 Å². The van der Waals surface area contributed by atoms with Crippen LogP contribution in [0.2, 0.25) is 10.0 Å². The number of nitrogens with zero attached hydrogens (tertiary/aromatic N) is 2. The molecule has 1 heterocycles. The zero-order valence-electron chi connectivity index (χ0n) is 15.5. The molecule has 27 heavy (non-hydrogen) atoms. The average Bonchev–Trinajstić information content (AvgIpc) is 3.17. The molecule has 0 aromatic heterocycles. The SMILES string of the molecule is CN(C(=O)[C@@H]1CCCN(S(=O)(=O)Cc2ccc(Cl)cc2Cl)C1)C1CCCC1. The van der Waals surface area contributed by atoms with Gasteiger partial charge in [-0.1, -0.05) is 42.1 Å². The molecule has 2 aliphatic rings. The summed E-state index contributed by atoms with van der Waals surface area (Å²) in [6, 6.07) is 5.13. The second-order valence-corrected chi connectivity index (χ2v) is 10.4. The molecule has 1 aromatic rings. The van der Waals surface area contributed by atoms with E-state index < -0.39 is 10.0 Å². The fraction of sp³-hybridized carbons (Fsp3) is 0.632. The Hall–Kier alpha value is -0.820. The van der Waals surface area contributed by atoms with E-state index >= 15 is 0 Å². The van der Waals surface area contributed by atoms with Crippen molar-refractivity contribution in [1.82, 2.24) is 9.21 Å². The van der Waals surface area contributed by atoms with Gasteiger partial charge in [-0.15, -0.1) is 0 Å². The third kappa shape index (κ3) is 4.97. The van der Waals surface area contributed by atoms with Crippen LogP contribution in [0, 0.1) is 5.92 Å². The first-order valence-corrected chi connectivity index (χ1v) is 11.8. The lowest BCUT2D eigenvalue weighted by atomic mass is 9.97. The van der Waals surface area contributed by atoms with Crippen LogP contribution in [0.4, 0.5) is 0 Å². The molecule has 1 aliphatic heterocycles. The fourth-order valence-corrected chi connectivity index (χ4v) is 6.28. The summed E-state index contributed by atoms with van der Waals surface area (Å²) in [5.74, 6) is -0.367. The predicted octanol–water partition coefficient (Wildman–Crippen LogP) is 3.94. The highest BCUT2D eigenvalue weighted by Crippen LogP contribution is 2.29. The summed E-state index contributed by atoms with van der Waals surface area (Å²) in [4.78, 5) is 14.7. The molecule has 1 saturated heterocycles. The van der Waals surface area contributed by atoms with Crippen molar-refractivity contribution in [2.75, 3.05) is 20.1 Å². The van der Waals surface area contributed by atoms with Gasteiger partial charge in [-0.05, 0) is 43.4 Å². The van der Waals surface area contributed by atoms with E-state index in [1.807, 2.05) is 11.9 Å². The Balaban J connectivity index is 1.68. The molecule has 8 heteroatoms. The van der Waals surface area contributed by atoms with Crippen molar-refractivity contribution < 1.29 is 13.2 Å². The number of sulfonamides is 1. The normalized spacial score (nSPS) is 22.1. The van der Waals surface area contributed by atoms with Crippen molar-refractivity contribution in [3.05, 3.63) is 33.8 Å². The van der Waals surface area contributed by atoms with Gasteiger partial charge in [-0.2, -0.15) is 0 Å². The highest BCUT2D eigenvalue weighted by Gasteiger charge is 2.35. The van der Waals surface area contributed by atoms with E-state index in [0.717, 1.165) is 32.1 Å². The van der Waals surface area contributed by atoms with Gasteiger partial charge in [0.1, 0.15) is 0 Å². The molecule has 5 nitrogen and oxygen atoms in total. The molecule has 0 bridgehead atoms. The number of halogens is 2. The molecule has 150 valence electrons. The lowest BCUT2D eigenvalue weighted by Gasteiger charge is -2.35. The van der Waals surface area contributed by atoms with Gasteiger partial charge in [0.05, 0.1) is 11.7 Å². The van der Waals surface area contributed by atoms with E-state index in [4.69, 9.17) is 23.2 Å². The Bertz CT molecular complexity index is 794. The van der Waals surface area contributed by atoms with Crippen molar-refractivity contribution in [2.24, 2.45) is 5.92 Å². The molecule has 1 atom stereocenters. The van der Waals surface area contributed by atoms with Crippen LogP contribution >= 0.6 is 23.2 Å². The first kappa shape index (κ1) is 20.9. The lowest BCUT2D eigenvalue weighted by molar-refractivity contribution is -0.137. The number of carbonyl (C=O) groups excluding carboxylic acids is 1. The quantitative estimate of drug-likeness (QED) is 0.707. The van der Waals surface area contributed by atoms with Crippen molar-refractivity contribution in [3.63, 3.8) is 0 Å². The molecular weight excluding hydrogens is 407 g/mol. The second-order valence-electron chi connectivity index (χ2n) is 7.58. The zero-order valence-corrected chi connectivity index (χ0v) is 17.9. The molecule has 1 amide bonds. The van der Waals surface area contributed by atoms with Gasteiger partial charge < -0.3 is 4.90 Å². The summed E-state index contributed by atoms with van der Waals surface area (Å²) in [5.41, 5.74) is 0.526. The minimum Gasteiger partial charge on any atom is -0.342 e. The predicted molar refractivity (Wildman–Crippen MR) is 108 cm³/mol. The number of amides is 1. The molecule has 3 rings (SSSR count). The Morgan fingerprint density at radius 2 is 1.89 bits per heavy atom. The van der Waals surface area contributed by atoms with E-state index in [0.29, 0.717) is 34.6 Å². The maximum Gasteiger partial charge on any atom is 0.227 e. The number of hydrogen-bond donors (Lipinski definition) is 0. The molecular formula is C19H26Cl2N2O3S. The highest BCUT2D eigenvalue weighted by molar-refractivity contribution is 7.88. The van der Waals surface area contributed by atoms with Crippen LogP contribution in [0.1, 0.15) is 44.1 Å². The van der Waals surface area contributed by atoms with Crippen LogP contribution < -0.4 is 0 Å². The van der Waals surface area contributed by atoms with Crippen molar-refractivity contribution in [2.45, 2.75) is 50.3 Å². The molecule has 1 aliphatic carbocycles. The number of piperidine rings is 1. The van der Waals surface area contributed by atoms with Gasteiger partial charge in [0.25, 0.3) is 0 Å². The molecule has 1 aromatic carbocycles. The van der Waals surface area contributed by atoms with Gasteiger partial charge in [0.15, 0.2) is 0 Å². The summed E-state index contributed by atoms with van der Waals surface area (Å²) < 4.78 is 27.2. The lowest BCUT2D eigenvalue weighted by Crippen LogP contribution is -2.48. The van der Waals surface area contributed by atoms with Crippen molar-refractivity contribution in [1.29, 1.82) is 0 Å². The van der Waals surface area contributed by atoms with Crippen LogP contribution in [0.5, 0.6) is 0 Å². The van der Waals surface area contributed by atoms with Gasteiger partial charge in [-0.3, -0.25) is 4.79 Å². The Labute approximate surface area is 171 Å². The minimum absolute atomic E-state index is 0.0753. The Kier molecular flexibility index (Phi) is 6.72.